The van der Waals surface area contributed by atoms with Crippen LogP contribution >= 0.6 is 0 Å². The van der Waals surface area contributed by atoms with Gasteiger partial charge in [-0.05, 0) is 24.6 Å². The lowest BCUT2D eigenvalue weighted by Crippen LogP contribution is -2.31. The van der Waals surface area contributed by atoms with Crippen molar-refractivity contribution in [2.75, 3.05) is 13.2 Å². The maximum absolute atomic E-state index is 12.9. The highest BCUT2D eigenvalue weighted by Gasteiger charge is 2.08. The molecule has 4 heteroatoms. The molecule has 0 spiro atoms. The summed E-state index contributed by atoms with van der Waals surface area (Å²) in [7, 11) is 0. The summed E-state index contributed by atoms with van der Waals surface area (Å²) in [6.45, 7) is 1.88. The van der Waals surface area contributed by atoms with Crippen LogP contribution in [0.25, 0.3) is 0 Å². The molecule has 0 aliphatic heterocycles. The fourth-order valence-corrected chi connectivity index (χ4v) is 1.27. The van der Waals surface area contributed by atoms with Gasteiger partial charge in [0.1, 0.15) is 5.82 Å². The molecule has 0 fully saturated rings. The molecule has 0 heterocycles. The van der Waals surface area contributed by atoms with Gasteiger partial charge in [0, 0.05) is 12.6 Å². The van der Waals surface area contributed by atoms with E-state index in [1.165, 1.54) is 12.1 Å². The van der Waals surface area contributed by atoms with Crippen molar-refractivity contribution in [1.29, 1.82) is 0 Å². The zero-order chi connectivity index (χ0) is 11.3. The molecule has 1 aromatic carbocycles. The number of halogens is 1. The molecule has 1 rings (SSSR count). The van der Waals surface area contributed by atoms with Crippen molar-refractivity contribution < 1.29 is 14.6 Å². The number of hydrogen-bond acceptors (Lipinski definition) is 3. The molecule has 0 saturated carbocycles. The molecule has 84 valence electrons. The first-order chi connectivity index (χ1) is 7.13. The molecule has 3 N–H and O–H groups in total. The fraction of sp³-hybridized carbons (Fsp3) is 0.455. The molecule has 3 nitrogen and oxygen atoms in total. The highest BCUT2D eigenvalue weighted by atomic mass is 19.1. The van der Waals surface area contributed by atoms with Gasteiger partial charge in [-0.25, -0.2) is 4.39 Å². The normalized spacial score (nSPS) is 14.9. The van der Waals surface area contributed by atoms with Gasteiger partial charge in [-0.15, -0.1) is 0 Å². The first-order valence-electron chi connectivity index (χ1n) is 4.91. The van der Waals surface area contributed by atoms with Crippen LogP contribution in [0.4, 0.5) is 4.39 Å². The molecule has 1 unspecified atom stereocenters. The Bertz CT molecular complexity index is 306. The largest absolute Gasteiger partial charge is 0.394 e. The van der Waals surface area contributed by atoms with E-state index in [9.17, 15) is 4.39 Å². The number of aliphatic hydroxyl groups is 2. The predicted molar refractivity (Wildman–Crippen MR) is 55.9 cm³/mol. The summed E-state index contributed by atoms with van der Waals surface area (Å²) < 4.78 is 12.9. The van der Waals surface area contributed by atoms with Crippen molar-refractivity contribution in [3.8, 4) is 0 Å². The number of rotatable bonds is 5. The van der Waals surface area contributed by atoms with Crippen LogP contribution in [0.1, 0.15) is 18.5 Å². The smallest absolute Gasteiger partial charge is 0.123 e. The van der Waals surface area contributed by atoms with Gasteiger partial charge < -0.3 is 15.5 Å². The highest BCUT2D eigenvalue weighted by Crippen LogP contribution is 2.12. The minimum absolute atomic E-state index is 0.0538. The topological polar surface area (TPSA) is 52.5 Å². The van der Waals surface area contributed by atoms with Gasteiger partial charge in [0.2, 0.25) is 0 Å². The van der Waals surface area contributed by atoms with Crippen LogP contribution in [-0.2, 0) is 0 Å². The third kappa shape index (κ3) is 3.95. The van der Waals surface area contributed by atoms with E-state index in [1.807, 2.05) is 13.0 Å². The Labute approximate surface area is 88.6 Å². The van der Waals surface area contributed by atoms with Crippen molar-refractivity contribution in [2.24, 2.45) is 0 Å². The second-order valence-corrected chi connectivity index (χ2v) is 3.52. The maximum atomic E-state index is 12.9. The van der Waals surface area contributed by atoms with Gasteiger partial charge in [0.15, 0.2) is 0 Å². The van der Waals surface area contributed by atoms with Crippen LogP contribution in [-0.4, -0.2) is 29.5 Å². The number of nitrogens with one attached hydrogen (secondary N) is 1. The first kappa shape index (κ1) is 12.1. The molecule has 0 amide bonds. The van der Waals surface area contributed by atoms with Crippen molar-refractivity contribution in [3.05, 3.63) is 35.6 Å². The summed E-state index contributed by atoms with van der Waals surface area (Å²) in [5.41, 5.74) is 0.820. The zero-order valence-corrected chi connectivity index (χ0v) is 8.65. The van der Waals surface area contributed by atoms with Gasteiger partial charge in [-0.2, -0.15) is 0 Å². The number of benzene rings is 1. The lowest BCUT2D eigenvalue weighted by atomic mass is 10.1. The minimum atomic E-state index is -0.777. The third-order valence-electron chi connectivity index (χ3n) is 2.22. The summed E-state index contributed by atoms with van der Waals surface area (Å²) in [6.07, 6.45) is -0.777. The van der Waals surface area contributed by atoms with Crippen LogP contribution in [0.3, 0.4) is 0 Å². The monoisotopic (exact) mass is 213 g/mol. The lowest BCUT2D eigenvalue weighted by Gasteiger charge is -2.16. The first-order valence-corrected chi connectivity index (χ1v) is 4.91. The van der Waals surface area contributed by atoms with E-state index >= 15 is 0 Å². The summed E-state index contributed by atoms with van der Waals surface area (Å²) in [4.78, 5) is 0. The average Bonchev–Trinajstić information content (AvgIpc) is 2.25. The van der Waals surface area contributed by atoms with Gasteiger partial charge in [0.25, 0.3) is 0 Å². The van der Waals surface area contributed by atoms with Crippen molar-refractivity contribution in [2.45, 2.75) is 19.1 Å². The second-order valence-electron chi connectivity index (χ2n) is 3.52. The van der Waals surface area contributed by atoms with E-state index in [0.717, 1.165) is 5.56 Å². The Balaban J connectivity index is 2.50. The molecule has 0 aliphatic rings. The SMILES string of the molecule is C[C@@H](NCC(O)CO)c1cccc(F)c1. The quantitative estimate of drug-likeness (QED) is 0.679. The maximum Gasteiger partial charge on any atom is 0.123 e. The lowest BCUT2D eigenvalue weighted by molar-refractivity contribution is 0.0924. The molecule has 0 saturated heterocycles. The number of hydrogen-bond donors (Lipinski definition) is 3. The van der Waals surface area contributed by atoms with Crippen molar-refractivity contribution >= 4 is 0 Å². The van der Waals surface area contributed by atoms with Crippen LogP contribution in [0.2, 0.25) is 0 Å². The number of aliphatic hydroxyl groups excluding tert-OH is 2. The van der Waals surface area contributed by atoms with E-state index in [1.54, 1.807) is 6.07 Å². The van der Waals surface area contributed by atoms with Gasteiger partial charge in [0.05, 0.1) is 12.7 Å². The fourth-order valence-electron chi connectivity index (χ4n) is 1.27. The molecule has 0 aromatic heterocycles. The molecular weight excluding hydrogens is 197 g/mol. The van der Waals surface area contributed by atoms with Gasteiger partial charge in [-0.1, -0.05) is 12.1 Å². The van der Waals surface area contributed by atoms with E-state index < -0.39 is 6.10 Å². The summed E-state index contributed by atoms with van der Waals surface area (Å²) in [5.74, 6) is -0.274. The highest BCUT2D eigenvalue weighted by molar-refractivity contribution is 5.19. The van der Waals surface area contributed by atoms with E-state index in [2.05, 4.69) is 5.32 Å². The van der Waals surface area contributed by atoms with E-state index in [-0.39, 0.29) is 25.0 Å². The Morgan fingerprint density at radius 2 is 2.20 bits per heavy atom. The van der Waals surface area contributed by atoms with Crippen LogP contribution < -0.4 is 5.32 Å². The van der Waals surface area contributed by atoms with Crippen LogP contribution in [0, 0.1) is 5.82 Å². The summed E-state index contributed by atoms with van der Waals surface area (Å²) in [6, 6.07) is 6.24. The summed E-state index contributed by atoms with van der Waals surface area (Å²) in [5, 5.41) is 20.7. The van der Waals surface area contributed by atoms with Crippen LogP contribution in [0.5, 0.6) is 0 Å². The van der Waals surface area contributed by atoms with E-state index in [4.69, 9.17) is 10.2 Å². The Kier molecular flexibility index (Phi) is 4.68. The molecule has 15 heavy (non-hydrogen) atoms. The predicted octanol–water partition coefficient (Wildman–Crippen LogP) is 0.829. The molecular formula is C11H16FNO2. The molecule has 0 aliphatic carbocycles. The molecule has 0 bridgehead atoms. The molecule has 1 aromatic rings. The zero-order valence-electron chi connectivity index (χ0n) is 8.65. The average molecular weight is 213 g/mol. The standard InChI is InChI=1S/C11H16FNO2/c1-8(13-6-11(15)7-14)9-3-2-4-10(12)5-9/h2-5,8,11,13-15H,6-7H2,1H3/t8-,11?/m1/s1. The van der Waals surface area contributed by atoms with Crippen molar-refractivity contribution in [3.63, 3.8) is 0 Å². The van der Waals surface area contributed by atoms with Gasteiger partial charge >= 0.3 is 0 Å². The second kappa shape index (κ2) is 5.80. The van der Waals surface area contributed by atoms with Crippen LogP contribution in [0.15, 0.2) is 24.3 Å². The Morgan fingerprint density at radius 1 is 1.47 bits per heavy atom. The third-order valence-corrected chi connectivity index (χ3v) is 2.22. The van der Waals surface area contributed by atoms with Crippen molar-refractivity contribution in [1.82, 2.24) is 5.32 Å². The van der Waals surface area contributed by atoms with Gasteiger partial charge in [-0.3, -0.25) is 0 Å². The Hall–Kier alpha value is -0.970. The minimum Gasteiger partial charge on any atom is -0.394 e. The Morgan fingerprint density at radius 3 is 2.80 bits per heavy atom. The van der Waals surface area contributed by atoms with E-state index in [0.29, 0.717) is 0 Å². The summed E-state index contributed by atoms with van der Waals surface area (Å²) >= 11 is 0. The molecule has 0 radical (unpaired) electrons. The molecule has 2 atom stereocenters.